The Kier molecular flexibility index (Phi) is 5.98. The average molecular weight is 539 g/mol. The lowest BCUT2D eigenvalue weighted by Gasteiger charge is -2.25. The van der Waals surface area contributed by atoms with Crippen molar-refractivity contribution in [1.82, 2.24) is 24.6 Å². The number of halogens is 5. The largest absolute Gasteiger partial charge is 0.433 e. The van der Waals surface area contributed by atoms with E-state index in [0.29, 0.717) is 0 Å². The van der Waals surface area contributed by atoms with Crippen LogP contribution in [0.3, 0.4) is 0 Å². The molecule has 3 atom stereocenters. The number of nitrogens with zero attached hydrogens (tertiary/aromatic N) is 4. The summed E-state index contributed by atoms with van der Waals surface area (Å²) in [4.78, 5) is 24.1. The Balaban J connectivity index is 1.31. The van der Waals surface area contributed by atoms with Crippen molar-refractivity contribution in [3.8, 4) is 11.3 Å². The molecule has 194 valence electrons. The zero-order chi connectivity index (χ0) is 26.6. The van der Waals surface area contributed by atoms with Gasteiger partial charge >= 0.3 is 6.18 Å². The quantitative estimate of drug-likeness (QED) is 0.483. The van der Waals surface area contributed by atoms with Crippen molar-refractivity contribution in [3.63, 3.8) is 0 Å². The number of hydrogen-bond donors (Lipinski definition) is 1. The van der Waals surface area contributed by atoms with E-state index in [-0.39, 0.29) is 41.2 Å². The SMILES string of the molecule is O=C(NCc1cc(-c2ccc(C(F)(F)F)nc2)ncn1)[C@@H]1C[C@]2(F)CC2N1S(=O)(=O)c1ccc(F)cc1. The third kappa shape index (κ3) is 4.78. The van der Waals surface area contributed by atoms with Crippen LogP contribution in [0.2, 0.25) is 0 Å². The van der Waals surface area contributed by atoms with Crippen molar-refractivity contribution in [1.29, 1.82) is 0 Å². The molecule has 1 aliphatic carbocycles. The standard InChI is InChI=1S/C23H18F5N5O3S/c24-14-2-4-16(5-3-14)37(35,36)33-18(8-22(25)9-20(22)33)21(34)30-11-15-7-17(32-12-31-15)13-1-6-19(29-10-13)23(26,27)28/h1-7,10,12,18,20H,8-9,11H2,(H,30,34)/t18-,20?,22-/m0/s1. The van der Waals surface area contributed by atoms with Crippen LogP contribution in [0.5, 0.6) is 0 Å². The topological polar surface area (TPSA) is 105 Å². The molecule has 8 nitrogen and oxygen atoms in total. The maximum atomic E-state index is 14.9. The van der Waals surface area contributed by atoms with E-state index < -0.39 is 51.4 Å². The van der Waals surface area contributed by atoms with Crippen LogP contribution in [0.1, 0.15) is 24.2 Å². The van der Waals surface area contributed by atoms with E-state index in [0.717, 1.165) is 47.2 Å². The molecule has 2 aromatic heterocycles. The lowest BCUT2D eigenvalue weighted by atomic mass is 10.1. The summed E-state index contributed by atoms with van der Waals surface area (Å²) in [5.74, 6) is -1.39. The number of aromatic nitrogens is 3. The number of benzene rings is 1. The highest BCUT2D eigenvalue weighted by Crippen LogP contribution is 2.56. The molecule has 3 aromatic rings. The van der Waals surface area contributed by atoms with Gasteiger partial charge in [-0.2, -0.15) is 17.5 Å². The fraction of sp³-hybridized carbons (Fsp3) is 0.304. The second kappa shape index (κ2) is 8.80. The number of sulfonamides is 1. The molecule has 1 aromatic carbocycles. The van der Waals surface area contributed by atoms with Crippen molar-refractivity contribution in [2.45, 2.75) is 48.2 Å². The highest BCUT2D eigenvalue weighted by Gasteiger charge is 2.70. The van der Waals surface area contributed by atoms with E-state index in [2.05, 4.69) is 20.3 Å². The van der Waals surface area contributed by atoms with Gasteiger partial charge in [0.1, 0.15) is 29.5 Å². The van der Waals surface area contributed by atoms with Gasteiger partial charge in [-0.05, 0) is 42.5 Å². The van der Waals surface area contributed by atoms with E-state index in [1.54, 1.807) is 0 Å². The van der Waals surface area contributed by atoms with Crippen LogP contribution in [-0.4, -0.2) is 51.3 Å². The molecule has 0 spiro atoms. The lowest BCUT2D eigenvalue weighted by molar-refractivity contribution is -0.141. The van der Waals surface area contributed by atoms with Crippen molar-refractivity contribution >= 4 is 15.9 Å². The van der Waals surface area contributed by atoms with Gasteiger partial charge in [-0.15, -0.1) is 0 Å². The zero-order valence-corrected chi connectivity index (χ0v) is 19.6. The molecule has 1 aliphatic heterocycles. The third-order valence-electron chi connectivity index (χ3n) is 6.33. The molecule has 1 saturated heterocycles. The molecule has 0 bridgehead atoms. The molecular formula is C23H18F5N5O3S. The summed E-state index contributed by atoms with van der Waals surface area (Å²) in [6.07, 6.45) is -2.78. The first kappa shape index (κ1) is 25.1. The number of carbonyl (C=O) groups excluding carboxylic acids is 1. The lowest BCUT2D eigenvalue weighted by Crippen LogP contribution is -2.47. The van der Waals surface area contributed by atoms with Crippen molar-refractivity contribution in [2.75, 3.05) is 0 Å². The summed E-state index contributed by atoms with van der Waals surface area (Å²) < 4.78 is 93.6. The smallest absolute Gasteiger partial charge is 0.349 e. The fourth-order valence-corrected chi connectivity index (χ4v) is 6.19. The van der Waals surface area contributed by atoms with Gasteiger partial charge in [0.05, 0.1) is 28.9 Å². The summed E-state index contributed by atoms with van der Waals surface area (Å²) in [5, 5.41) is 2.54. The van der Waals surface area contributed by atoms with Crippen LogP contribution in [0.25, 0.3) is 11.3 Å². The van der Waals surface area contributed by atoms with Crippen LogP contribution in [-0.2, 0) is 27.5 Å². The molecule has 1 amide bonds. The minimum atomic E-state index is -4.59. The van der Waals surface area contributed by atoms with Crippen molar-refractivity contribution in [3.05, 3.63) is 72.2 Å². The number of pyridine rings is 1. The van der Waals surface area contributed by atoms with Gasteiger partial charge in [0.15, 0.2) is 0 Å². The summed E-state index contributed by atoms with van der Waals surface area (Å²) in [6.45, 7) is -0.173. The molecule has 3 heterocycles. The molecule has 0 radical (unpaired) electrons. The Bertz CT molecular complexity index is 1450. The number of nitrogens with one attached hydrogen (secondary N) is 1. The van der Waals surface area contributed by atoms with Crippen LogP contribution >= 0.6 is 0 Å². The summed E-state index contributed by atoms with van der Waals surface area (Å²) in [5.41, 5.74) is -2.05. The number of alkyl halides is 4. The van der Waals surface area contributed by atoms with Gasteiger partial charge in [0, 0.05) is 24.6 Å². The van der Waals surface area contributed by atoms with Gasteiger partial charge in [-0.3, -0.25) is 9.78 Å². The number of amides is 1. The Labute approximate surface area is 207 Å². The Morgan fingerprint density at radius 1 is 1.08 bits per heavy atom. The van der Waals surface area contributed by atoms with Crippen LogP contribution in [0.4, 0.5) is 22.0 Å². The van der Waals surface area contributed by atoms with Crippen LogP contribution in [0, 0.1) is 5.82 Å². The van der Waals surface area contributed by atoms with Gasteiger partial charge < -0.3 is 5.32 Å². The van der Waals surface area contributed by atoms with Gasteiger partial charge in [0.2, 0.25) is 15.9 Å². The Morgan fingerprint density at radius 2 is 1.81 bits per heavy atom. The summed E-state index contributed by atoms with van der Waals surface area (Å²) >= 11 is 0. The molecule has 1 saturated carbocycles. The van der Waals surface area contributed by atoms with Crippen LogP contribution < -0.4 is 5.32 Å². The normalized spacial score (nSPS) is 23.5. The van der Waals surface area contributed by atoms with Crippen molar-refractivity contribution in [2.24, 2.45) is 0 Å². The minimum Gasteiger partial charge on any atom is -0.349 e. The number of piperidine rings is 1. The van der Waals surface area contributed by atoms with E-state index in [1.807, 2.05) is 0 Å². The number of rotatable bonds is 6. The first-order valence-electron chi connectivity index (χ1n) is 11.0. The molecule has 37 heavy (non-hydrogen) atoms. The zero-order valence-electron chi connectivity index (χ0n) is 18.8. The second-order valence-electron chi connectivity index (χ2n) is 8.81. The van der Waals surface area contributed by atoms with Gasteiger partial charge in [-0.25, -0.2) is 27.2 Å². The highest BCUT2D eigenvalue weighted by atomic mass is 32.2. The van der Waals surface area contributed by atoms with Gasteiger partial charge in [0.25, 0.3) is 0 Å². The second-order valence-corrected chi connectivity index (χ2v) is 10.6. The number of hydrogen-bond acceptors (Lipinski definition) is 6. The summed E-state index contributed by atoms with van der Waals surface area (Å²) in [6, 6.07) is 5.17. The molecular weight excluding hydrogens is 521 g/mol. The third-order valence-corrected chi connectivity index (χ3v) is 8.26. The molecule has 1 N–H and O–H groups in total. The number of carbonyl (C=O) groups is 1. The van der Waals surface area contributed by atoms with Crippen molar-refractivity contribution < 1.29 is 35.2 Å². The van der Waals surface area contributed by atoms with E-state index in [4.69, 9.17) is 0 Å². The van der Waals surface area contributed by atoms with E-state index in [1.165, 1.54) is 12.1 Å². The summed E-state index contributed by atoms with van der Waals surface area (Å²) in [7, 11) is -4.28. The molecule has 14 heteroatoms. The Hall–Kier alpha value is -3.52. The molecule has 2 aliphatic rings. The predicted octanol–water partition coefficient (Wildman–Crippen LogP) is 3.26. The molecule has 5 rings (SSSR count). The monoisotopic (exact) mass is 539 g/mol. The Morgan fingerprint density at radius 3 is 2.46 bits per heavy atom. The first-order chi connectivity index (χ1) is 17.4. The van der Waals surface area contributed by atoms with E-state index in [9.17, 15) is 35.2 Å². The van der Waals surface area contributed by atoms with E-state index >= 15 is 0 Å². The average Bonchev–Trinajstić information content (AvgIpc) is 3.41. The highest BCUT2D eigenvalue weighted by molar-refractivity contribution is 7.89. The molecule has 1 unspecified atom stereocenters. The number of fused-ring (bicyclic) bond motifs is 1. The van der Waals surface area contributed by atoms with Crippen LogP contribution in [0.15, 0.2) is 59.9 Å². The molecule has 2 fully saturated rings. The maximum Gasteiger partial charge on any atom is 0.433 e. The minimum absolute atomic E-state index is 0.0341. The fourth-order valence-electron chi connectivity index (χ4n) is 4.36. The predicted molar refractivity (Wildman–Crippen MR) is 118 cm³/mol. The van der Waals surface area contributed by atoms with Gasteiger partial charge in [-0.1, -0.05) is 0 Å². The first-order valence-corrected chi connectivity index (χ1v) is 12.4. The maximum absolute atomic E-state index is 14.9.